The highest BCUT2D eigenvalue weighted by molar-refractivity contribution is 7.00. The summed E-state index contributed by atoms with van der Waals surface area (Å²) in [5, 5.41) is 3.42. The number of para-hydroxylation sites is 1. The van der Waals surface area contributed by atoms with Gasteiger partial charge in [-0.2, -0.15) is 8.75 Å². The molecule has 8 heteroatoms. The third-order valence-electron chi connectivity index (χ3n) is 4.12. The molecule has 0 fully saturated rings. The van der Waals surface area contributed by atoms with Crippen LogP contribution in [0, 0.1) is 0 Å². The number of aryl methyl sites for hydroxylation is 1. The lowest BCUT2D eigenvalue weighted by molar-refractivity contribution is -0.121. The molecular weight excluding hydrogens is 350 g/mol. The highest BCUT2D eigenvalue weighted by Gasteiger charge is 2.07. The van der Waals surface area contributed by atoms with E-state index in [1.165, 1.54) is 22.6 Å². The van der Waals surface area contributed by atoms with Crippen molar-refractivity contribution in [3.05, 3.63) is 64.7 Å². The van der Waals surface area contributed by atoms with Crippen molar-refractivity contribution >= 4 is 39.6 Å². The normalized spacial score (nSPS) is 11.1. The van der Waals surface area contributed by atoms with E-state index in [1.54, 1.807) is 18.2 Å². The number of aromatic nitrogens is 4. The number of nitrogens with one attached hydrogen (secondary N) is 1. The van der Waals surface area contributed by atoms with Gasteiger partial charge in [-0.05, 0) is 29.8 Å². The highest BCUT2D eigenvalue weighted by atomic mass is 32.1. The van der Waals surface area contributed by atoms with Gasteiger partial charge in [0.25, 0.3) is 5.56 Å². The Balaban J connectivity index is 1.38. The van der Waals surface area contributed by atoms with E-state index in [0.29, 0.717) is 17.4 Å². The minimum Gasteiger partial charge on any atom is -0.352 e. The molecule has 4 aromatic rings. The van der Waals surface area contributed by atoms with Crippen LogP contribution in [0.3, 0.4) is 0 Å². The SMILES string of the molecule is O=C(CCn1cnc2ccccc2c1=O)NCc1ccc2nsnc2c1. The second kappa shape index (κ2) is 7.01. The summed E-state index contributed by atoms with van der Waals surface area (Å²) in [5.41, 5.74) is 3.17. The van der Waals surface area contributed by atoms with Gasteiger partial charge in [0.2, 0.25) is 5.91 Å². The molecular formula is C18H15N5O2S. The van der Waals surface area contributed by atoms with Crippen LogP contribution >= 0.6 is 11.7 Å². The molecule has 2 aromatic heterocycles. The smallest absolute Gasteiger partial charge is 0.261 e. The number of rotatable bonds is 5. The molecule has 0 spiro atoms. The molecule has 0 unspecified atom stereocenters. The Bertz CT molecular complexity index is 1150. The summed E-state index contributed by atoms with van der Waals surface area (Å²) < 4.78 is 9.81. The summed E-state index contributed by atoms with van der Waals surface area (Å²) in [6.45, 7) is 0.703. The molecule has 0 atom stereocenters. The van der Waals surface area contributed by atoms with Crippen LogP contribution in [-0.2, 0) is 17.9 Å². The number of carbonyl (C=O) groups is 1. The molecule has 0 aliphatic rings. The van der Waals surface area contributed by atoms with Crippen LogP contribution in [0.25, 0.3) is 21.9 Å². The maximum absolute atomic E-state index is 12.4. The molecule has 0 aliphatic heterocycles. The fourth-order valence-corrected chi connectivity index (χ4v) is 3.23. The molecule has 2 heterocycles. The van der Waals surface area contributed by atoms with Crippen molar-refractivity contribution in [2.45, 2.75) is 19.5 Å². The van der Waals surface area contributed by atoms with Crippen molar-refractivity contribution < 1.29 is 4.79 Å². The van der Waals surface area contributed by atoms with E-state index in [0.717, 1.165) is 16.6 Å². The van der Waals surface area contributed by atoms with E-state index in [4.69, 9.17) is 0 Å². The summed E-state index contributed by atoms with van der Waals surface area (Å²) in [6.07, 6.45) is 1.70. The summed E-state index contributed by atoms with van der Waals surface area (Å²) in [5.74, 6) is -0.124. The van der Waals surface area contributed by atoms with Crippen molar-refractivity contribution in [2.75, 3.05) is 0 Å². The first kappa shape index (κ1) is 16.3. The predicted octanol–water partition coefficient (Wildman–Crippen LogP) is 2.11. The van der Waals surface area contributed by atoms with Gasteiger partial charge in [-0.3, -0.25) is 14.2 Å². The zero-order chi connectivity index (χ0) is 17.9. The fourth-order valence-electron chi connectivity index (χ4n) is 2.71. The standard InChI is InChI=1S/C18H15N5O2S/c24-17(19-10-12-5-6-15-16(9-12)22-26-21-15)7-8-23-11-20-14-4-2-1-3-13(14)18(23)25/h1-6,9,11H,7-8,10H2,(H,19,24). The zero-order valence-corrected chi connectivity index (χ0v) is 14.6. The molecule has 2 aromatic carbocycles. The van der Waals surface area contributed by atoms with Gasteiger partial charge in [0, 0.05) is 19.5 Å². The van der Waals surface area contributed by atoms with Gasteiger partial charge in [-0.1, -0.05) is 18.2 Å². The average Bonchev–Trinajstić information content (AvgIpc) is 3.14. The third-order valence-corrected chi connectivity index (χ3v) is 4.68. The molecule has 0 saturated carbocycles. The lowest BCUT2D eigenvalue weighted by Gasteiger charge is -2.08. The molecule has 0 bridgehead atoms. The molecule has 0 aliphatic carbocycles. The molecule has 4 rings (SSSR count). The lowest BCUT2D eigenvalue weighted by Crippen LogP contribution is -2.27. The quantitative estimate of drug-likeness (QED) is 0.585. The van der Waals surface area contributed by atoms with Gasteiger partial charge in [-0.25, -0.2) is 4.98 Å². The second-order valence-corrected chi connectivity index (χ2v) is 6.40. The topological polar surface area (TPSA) is 89.8 Å². The molecule has 7 nitrogen and oxygen atoms in total. The molecule has 0 saturated heterocycles. The molecule has 1 amide bonds. The predicted molar refractivity (Wildman–Crippen MR) is 99.9 cm³/mol. The number of fused-ring (bicyclic) bond motifs is 2. The van der Waals surface area contributed by atoms with Crippen molar-refractivity contribution in [3.8, 4) is 0 Å². The maximum atomic E-state index is 12.4. The summed E-state index contributed by atoms with van der Waals surface area (Å²) in [6, 6.07) is 12.9. The number of amides is 1. The van der Waals surface area contributed by atoms with Crippen LogP contribution in [0.15, 0.2) is 53.6 Å². The van der Waals surface area contributed by atoms with Crippen LogP contribution in [0.4, 0.5) is 0 Å². The van der Waals surface area contributed by atoms with Crippen LogP contribution in [0.1, 0.15) is 12.0 Å². The van der Waals surface area contributed by atoms with Crippen LogP contribution in [-0.4, -0.2) is 24.2 Å². The minimum atomic E-state index is -0.134. The van der Waals surface area contributed by atoms with E-state index < -0.39 is 0 Å². The van der Waals surface area contributed by atoms with Crippen LogP contribution in [0.2, 0.25) is 0 Å². The Labute approximate surface area is 152 Å². The number of carbonyl (C=O) groups excluding carboxylic acids is 1. The molecule has 1 N–H and O–H groups in total. The number of hydrogen-bond acceptors (Lipinski definition) is 6. The number of nitrogens with zero attached hydrogens (tertiary/aromatic N) is 4. The van der Waals surface area contributed by atoms with Crippen molar-refractivity contribution in [2.24, 2.45) is 0 Å². The maximum Gasteiger partial charge on any atom is 0.261 e. The van der Waals surface area contributed by atoms with Crippen molar-refractivity contribution in [3.63, 3.8) is 0 Å². The summed E-state index contributed by atoms with van der Waals surface area (Å²) in [7, 11) is 0. The van der Waals surface area contributed by atoms with Gasteiger partial charge in [0.1, 0.15) is 11.0 Å². The Hall–Kier alpha value is -3.13. The summed E-state index contributed by atoms with van der Waals surface area (Å²) in [4.78, 5) is 28.8. The number of hydrogen-bond donors (Lipinski definition) is 1. The van der Waals surface area contributed by atoms with Gasteiger partial charge in [-0.15, -0.1) is 0 Å². The second-order valence-electron chi connectivity index (χ2n) is 5.87. The fraction of sp³-hybridized carbons (Fsp3) is 0.167. The Morgan fingerprint density at radius 2 is 1.92 bits per heavy atom. The van der Waals surface area contributed by atoms with Gasteiger partial charge in [0.15, 0.2) is 0 Å². The Kier molecular flexibility index (Phi) is 4.40. The van der Waals surface area contributed by atoms with Crippen LogP contribution < -0.4 is 10.9 Å². The van der Waals surface area contributed by atoms with Crippen molar-refractivity contribution in [1.82, 2.24) is 23.6 Å². The Morgan fingerprint density at radius 3 is 2.85 bits per heavy atom. The van der Waals surface area contributed by atoms with E-state index >= 15 is 0 Å². The van der Waals surface area contributed by atoms with Crippen LogP contribution in [0.5, 0.6) is 0 Å². The van der Waals surface area contributed by atoms with Gasteiger partial charge >= 0.3 is 0 Å². The van der Waals surface area contributed by atoms with E-state index in [2.05, 4.69) is 19.0 Å². The molecule has 0 radical (unpaired) electrons. The van der Waals surface area contributed by atoms with Crippen molar-refractivity contribution in [1.29, 1.82) is 0 Å². The largest absolute Gasteiger partial charge is 0.352 e. The third kappa shape index (κ3) is 3.31. The minimum absolute atomic E-state index is 0.124. The number of benzene rings is 2. The first-order valence-electron chi connectivity index (χ1n) is 8.13. The summed E-state index contributed by atoms with van der Waals surface area (Å²) >= 11 is 1.17. The monoisotopic (exact) mass is 365 g/mol. The van der Waals surface area contributed by atoms with E-state index in [-0.39, 0.29) is 24.4 Å². The lowest BCUT2D eigenvalue weighted by atomic mass is 10.2. The zero-order valence-electron chi connectivity index (χ0n) is 13.8. The first-order chi connectivity index (χ1) is 12.7. The van der Waals surface area contributed by atoms with E-state index in [1.807, 2.05) is 24.3 Å². The average molecular weight is 365 g/mol. The van der Waals surface area contributed by atoms with E-state index in [9.17, 15) is 9.59 Å². The molecule has 26 heavy (non-hydrogen) atoms. The molecule has 130 valence electrons. The highest BCUT2D eigenvalue weighted by Crippen LogP contribution is 2.13. The Morgan fingerprint density at radius 1 is 1.08 bits per heavy atom. The first-order valence-corrected chi connectivity index (χ1v) is 8.86. The van der Waals surface area contributed by atoms with Gasteiger partial charge < -0.3 is 5.32 Å². The van der Waals surface area contributed by atoms with Gasteiger partial charge in [0.05, 0.1) is 29.0 Å².